The molecule has 0 aromatic carbocycles. The van der Waals surface area contributed by atoms with E-state index in [0.29, 0.717) is 0 Å². The first-order chi connectivity index (χ1) is 8.05. The van der Waals surface area contributed by atoms with Gasteiger partial charge in [0.2, 0.25) is 0 Å². The molecule has 0 heterocycles. The Kier molecular flexibility index (Phi) is 5.18. The van der Waals surface area contributed by atoms with Gasteiger partial charge in [0.15, 0.2) is 0 Å². The van der Waals surface area contributed by atoms with E-state index >= 15 is 0 Å². The number of halogens is 10. The van der Waals surface area contributed by atoms with Crippen molar-refractivity contribution in [3.63, 3.8) is 0 Å². The van der Waals surface area contributed by atoms with Crippen molar-refractivity contribution in [3.8, 4) is 0 Å². The maximum absolute atomic E-state index is 12.9. The number of hydrogen-bond acceptors (Lipinski definition) is 0. The summed E-state index contributed by atoms with van der Waals surface area (Å²) < 4.78 is 124. The summed E-state index contributed by atoms with van der Waals surface area (Å²) in [6.07, 6.45) is -14.5. The van der Waals surface area contributed by atoms with Gasteiger partial charge in [0, 0.05) is 0 Å². The molecule has 0 spiro atoms. The zero-order chi connectivity index (χ0) is 15.9. The fourth-order valence-electron chi connectivity index (χ4n) is 1.08. The van der Waals surface area contributed by atoms with Crippen LogP contribution < -0.4 is 0 Å². The fraction of sp³-hybridized carbons (Fsp3) is 1.00. The lowest BCUT2D eigenvalue weighted by Crippen LogP contribution is -2.46. The monoisotopic (exact) mass is 326 g/mol. The Balaban J connectivity index is 5.72. The molecule has 0 aromatic heterocycles. The van der Waals surface area contributed by atoms with Gasteiger partial charge in [0.25, 0.3) is 0 Å². The Morgan fingerprint density at radius 3 is 1.11 bits per heavy atom. The van der Waals surface area contributed by atoms with Gasteiger partial charge in [0.1, 0.15) is 0 Å². The summed E-state index contributed by atoms with van der Waals surface area (Å²) >= 11 is 0. The summed E-state index contributed by atoms with van der Waals surface area (Å²) in [7, 11) is -4.98. The lowest BCUT2D eigenvalue weighted by atomic mass is 10.3. The minimum Gasteiger partial charge on any atom is -0.191 e. The maximum Gasteiger partial charge on any atom is 0.457 e. The van der Waals surface area contributed by atoms with E-state index in [2.05, 4.69) is 0 Å². The molecule has 0 N–H and O–H groups in total. The number of hydrogen-bond donors (Lipinski definition) is 0. The predicted octanol–water partition coefficient (Wildman–Crippen LogP) is 5.43. The van der Waals surface area contributed by atoms with Crippen LogP contribution in [0.15, 0.2) is 0 Å². The summed E-state index contributed by atoms with van der Waals surface area (Å²) in [6, 6.07) is 0. The molecule has 0 unspecified atom stereocenters. The van der Waals surface area contributed by atoms with Crippen LogP contribution in [0.4, 0.5) is 43.9 Å². The molecule has 0 bridgehead atoms. The molecule has 0 nitrogen and oxygen atoms in total. The average molecular weight is 326 g/mol. The van der Waals surface area contributed by atoms with Crippen LogP contribution in [0.5, 0.6) is 0 Å². The smallest absolute Gasteiger partial charge is 0.191 e. The lowest BCUT2D eigenvalue weighted by molar-refractivity contribution is -0.262. The molecule has 0 aliphatic carbocycles. The summed E-state index contributed by atoms with van der Waals surface area (Å²) in [4.78, 5) is 0. The molecule has 0 rings (SSSR count). The molecule has 0 aliphatic rings. The second kappa shape index (κ2) is 5.26. The Hall–Kier alpha value is -0.270. The van der Waals surface area contributed by atoms with Gasteiger partial charge in [-0.2, -0.15) is 43.9 Å². The van der Waals surface area contributed by atoms with Gasteiger partial charge < -0.3 is 0 Å². The lowest BCUT2D eigenvalue weighted by Gasteiger charge is -2.36. The molecule has 0 radical (unpaired) electrons. The molecule has 0 aliphatic heterocycles. The van der Waals surface area contributed by atoms with Gasteiger partial charge in [0.05, 0.1) is 7.92 Å². The largest absolute Gasteiger partial charge is 0.457 e. The van der Waals surface area contributed by atoms with Crippen molar-refractivity contribution in [1.29, 1.82) is 0 Å². The van der Waals surface area contributed by atoms with Crippen molar-refractivity contribution >= 4 is 7.92 Å². The highest BCUT2D eigenvalue weighted by atomic mass is 31.1. The molecular formula is C8H9F10P. The van der Waals surface area contributed by atoms with Crippen molar-refractivity contribution < 1.29 is 43.9 Å². The van der Waals surface area contributed by atoms with Gasteiger partial charge in [-0.15, -0.1) is 0 Å². The van der Waals surface area contributed by atoms with E-state index in [9.17, 15) is 43.9 Å². The van der Waals surface area contributed by atoms with Gasteiger partial charge in [-0.1, -0.05) is 13.8 Å². The molecule has 0 aromatic rings. The Morgan fingerprint density at radius 2 is 0.947 bits per heavy atom. The van der Waals surface area contributed by atoms with Crippen LogP contribution in [-0.4, -0.2) is 29.8 Å². The van der Waals surface area contributed by atoms with Crippen LogP contribution in [0.2, 0.25) is 0 Å². The summed E-state index contributed by atoms with van der Waals surface area (Å²) in [5.74, 6) is -1.17. The molecule has 19 heavy (non-hydrogen) atoms. The summed E-state index contributed by atoms with van der Waals surface area (Å²) in [5, 5.41) is 0. The number of alkyl halides is 10. The molecule has 0 amide bonds. The van der Waals surface area contributed by atoms with Crippen LogP contribution in [-0.2, 0) is 0 Å². The van der Waals surface area contributed by atoms with Gasteiger partial charge in [-0.25, -0.2) is 0 Å². The molecule has 0 atom stereocenters. The maximum atomic E-state index is 12.9. The zero-order valence-corrected chi connectivity index (χ0v) is 10.4. The van der Waals surface area contributed by atoms with Crippen LogP contribution in [0.3, 0.4) is 0 Å². The Labute approximate surface area is 102 Å². The summed E-state index contributed by atoms with van der Waals surface area (Å²) in [5.41, 5.74) is -12.2. The molecular weight excluding hydrogens is 317 g/mol. The zero-order valence-electron chi connectivity index (χ0n) is 9.51. The topological polar surface area (TPSA) is 0 Å². The van der Waals surface area contributed by atoms with Crippen molar-refractivity contribution in [2.24, 2.45) is 5.92 Å². The Morgan fingerprint density at radius 1 is 0.684 bits per heavy atom. The molecule has 11 heteroatoms. The second-order valence-electron chi connectivity index (χ2n) is 4.08. The highest BCUT2D eigenvalue weighted by Gasteiger charge is 2.75. The minimum atomic E-state index is -6.46. The Bertz CT molecular complexity index is 276. The van der Waals surface area contributed by atoms with E-state index in [0.717, 1.165) is 13.8 Å². The van der Waals surface area contributed by atoms with Crippen molar-refractivity contribution in [1.82, 2.24) is 0 Å². The average Bonchev–Trinajstić information content (AvgIpc) is 2.09. The van der Waals surface area contributed by atoms with Crippen molar-refractivity contribution in [2.45, 2.75) is 37.5 Å². The van der Waals surface area contributed by atoms with Crippen molar-refractivity contribution in [2.75, 3.05) is 6.16 Å². The second-order valence-corrected chi connectivity index (χ2v) is 6.43. The van der Waals surface area contributed by atoms with Gasteiger partial charge >= 0.3 is 23.7 Å². The molecule has 116 valence electrons. The number of rotatable bonds is 4. The van der Waals surface area contributed by atoms with Crippen molar-refractivity contribution in [3.05, 3.63) is 0 Å². The molecule has 0 fully saturated rings. The van der Waals surface area contributed by atoms with E-state index in [-0.39, 0.29) is 0 Å². The van der Waals surface area contributed by atoms with Crippen LogP contribution in [0.25, 0.3) is 0 Å². The van der Waals surface area contributed by atoms with E-state index < -0.39 is 43.7 Å². The third-order valence-electron chi connectivity index (χ3n) is 1.91. The minimum absolute atomic E-state index is 0.980. The van der Waals surface area contributed by atoms with Crippen LogP contribution in [0, 0.1) is 5.92 Å². The highest BCUT2D eigenvalue weighted by molar-refractivity contribution is 7.60. The first-order valence-electron chi connectivity index (χ1n) is 4.72. The predicted molar refractivity (Wildman–Crippen MR) is 48.6 cm³/mol. The van der Waals surface area contributed by atoms with E-state index in [1.54, 1.807) is 0 Å². The van der Waals surface area contributed by atoms with Crippen LogP contribution in [0.1, 0.15) is 13.8 Å². The van der Waals surface area contributed by atoms with E-state index in [1.807, 2.05) is 0 Å². The van der Waals surface area contributed by atoms with E-state index in [1.165, 1.54) is 0 Å². The van der Waals surface area contributed by atoms with Crippen LogP contribution >= 0.6 is 7.92 Å². The standard InChI is InChI=1S/C8H9F10P/c1-4(2)3-19(7(15,16)5(9,10)11)8(17,18)6(12,13)14/h4H,3H2,1-2H3. The van der Waals surface area contributed by atoms with Gasteiger partial charge in [-0.3, -0.25) is 0 Å². The molecule has 0 saturated heterocycles. The highest BCUT2D eigenvalue weighted by Crippen LogP contribution is 2.71. The quantitative estimate of drug-likeness (QED) is 0.477. The first kappa shape index (κ1) is 18.7. The third-order valence-corrected chi connectivity index (χ3v) is 4.87. The normalized spacial score (nSPS) is 15.5. The third kappa shape index (κ3) is 3.86. The SMILES string of the molecule is CC(C)CP(C(F)(F)C(F)(F)F)C(F)(F)C(F)(F)F. The summed E-state index contributed by atoms with van der Waals surface area (Å²) in [6.45, 7) is 1.96. The fourth-order valence-corrected chi connectivity index (χ4v) is 3.23. The molecule has 0 saturated carbocycles. The van der Waals surface area contributed by atoms with Gasteiger partial charge in [-0.05, 0) is 12.1 Å². The van der Waals surface area contributed by atoms with E-state index in [4.69, 9.17) is 0 Å². The first-order valence-corrected chi connectivity index (χ1v) is 6.24.